The number of nitrogens with zero attached hydrogens (tertiary/aromatic N) is 1. The van der Waals surface area contributed by atoms with Gasteiger partial charge in [-0.15, -0.1) is 11.3 Å². The lowest BCUT2D eigenvalue weighted by molar-refractivity contribution is 0.888. The molecule has 0 radical (unpaired) electrons. The van der Waals surface area contributed by atoms with E-state index >= 15 is 0 Å². The van der Waals surface area contributed by atoms with Crippen molar-refractivity contribution in [3.05, 3.63) is 34.2 Å². The van der Waals surface area contributed by atoms with Crippen LogP contribution in [0, 0.1) is 0 Å². The van der Waals surface area contributed by atoms with Crippen molar-refractivity contribution < 1.29 is 0 Å². The molecule has 16 heavy (non-hydrogen) atoms. The summed E-state index contributed by atoms with van der Waals surface area (Å²) in [6.07, 6.45) is 0. The average Bonchev–Trinajstić information content (AvgIpc) is 2.60. The molecule has 0 spiro atoms. The quantitative estimate of drug-likeness (QED) is 0.871. The van der Waals surface area contributed by atoms with Gasteiger partial charge in [-0.05, 0) is 18.1 Å². The van der Waals surface area contributed by atoms with Crippen molar-refractivity contribution in [1.82, 2.24) is 4.98 Å². The molecule has 1 heterocycles. The van der Waals surface area contributed by atoms with Gasteiger partial charge in [0.15, 0.2) is 5.13 Å². The summed E-state index contributed by atoms with van der Waals surface area (Å²) < 4.78 is 0. The number of hydrogen-bond donors (Lipinski definition) is 1. The predicted molar refractivity (Wildman–Crippen MR) is 71.1 cm³/mol. The van der Waals surface area contributed by atoms with E-state index in [1.165, 1.54) is 4.88 Å². The lowest BCUT2D eigenvalue weighted by Gasteiger charge is -2.05. The Balaban J connectivity index is 2.55. The fourth-order valence-corrected chi connectivity index (χ4v) is 2.63. The largest absolute Gasteiger partial charge is 0.375 e. The molecule has 2 aromatic rings. The van der Waals surface area contributed by atoms with Crippen molar-refractivity contribution in [2.75, 3.05) is 5.73 Å². The van der Waals surface area contributed by atoms with E-state index in [0.717, 1.165) is 16.3 Å². The molecule has 0 saturated carbocycles. The van der Waals surface area contributed by atoms with Crippen LogP contribution in [0.5, 0.6) is 0 Å². The Kier molecular flexibility index (Phi) is 3.17. The van der Waals surface area contributed by atoms with Crippen LogP contribution >= 0.6 is 22.9 Å². The molecule has 0 fully saturated rings. The molecule has 0 atom stereocenters. The van der Waals surface area contributed by atoms with E-state index in [1.807, 2.05) is 24.3 Å². The fourth-order valence-electron chi connectivity index (χ4n) is 1.58. The van der Waals surface area contributed by atoms with Crippen molar-refractivity contribution in [2.24, 2.45) is 0 Å². The number of aromatic nitrogens is 1. The topological polar surface area (TPSA) is 38.9 Å². The second-order valence-electron chi connectivity index (χ2n) is 3.93. The van der Waals surface area contributed by atoms with E-state index < -0.39 is 0 Å². The van der Waals surface area contributed by atoms with Crippen LogP contribution in [-0.2, 0) is 0 Å². The Hall–Kier alpha value is -1.06. The van der Waals surface area contributed by atoms with Crippen LogP contribution in [0.3, 0.4) is 0 Å². The fraction of sp³-hybridized carbons (Fsp3) is 0.250. The number of rotatable bonds is 2. The summed E-state index contributed by atoms with van der Waals surface area (Å²) >= 11 is 7.52. The summed E-state index contributed by atoms with van der Waals surface area (Å²) in [5, 5.41) is 1.33. The molecule has 0 unspecified atom stereocenters. The van der Waals surface area contributed by atoms with Crippen molar-refractivity contribution in [3.8, 4) is 11.3 Å². The molecule has 2 nitrogen and oxygen atoms in total. The van der Waals surface area contributed by atoms with Crippen molar-refractivity contribution >= 4 is 28.1 Å². The zero-order chi connectivity index (χ0) is 11.7. The lowest BCUT2D eigenvalue weighted by Crippen LogP contribution is -1.88. The van der Waals surface area contributed by atoms with Gasteiger partial charge in [-0.25, -0.2) is 4.98 Å². The van der Waals surface area contributed by atoms with Crippen molar-refractivity contribution in [1.29, 1.82) is 0 Å². The van der Waals surface area contributed by atoms with E-state index in [0.29, 0.717) is 11.0 Å². The molecule has 1 aromatic carbocycles. The Morgan fingerprint density at radius 3 is 2.75 bits per heavy atom. The Bertz CT molecular complexity index is 505. The van der Waals surface area contributed by atoms with Gasteiger partial charge in [0, 0.05) is 15.5 Å². The van der Waals surface area contributed by atoms with Crippen LogP contribution in [0.1, 0.15) is 24.6 Å². The summed E-state index contributed by atoms with van der Waals surface area (Å²) in [5.74, 6) is 0.420. The second-order valence-corrected chi connectivity index (χ2v) is 5.43. The number of hydrogen-bond acceptors (Lipinski definition) is 3. The maximum Gasteiger partial charge on any atom is 0.180 e. The van der Waals surface area contributed by atoms with Crippen LogP contribution in [0.15, 0.2) is 24.3 Å². The number of nitrogen functional groups attached to an aromatic ring is 1. The van der Waals surface area contributed by atoms with Crippen LogP contribution in [0.2, 0.25) is 5.02 Å². The maximum absolute atomic E-state index is 5.98. The number of anilines is 1. The zero-order valence-corrected chi connectivity index (χ0v) is 10.8. The third-order valence-corrected chi connectivity index (χ3v) is 3.71. The van der Waals surface area contributed by atoms with Gasteiger partial charge in [-0.2, -0.15) is 0 Å². The molecule has 2 N–H and O–H groups in total. The SMILES string of the molecule is CC(C)c1sc(N)nc1-c1cccc(Cl)c1. The molecule has 0 bridgehead atoms. The molecule has 4 heteroatoms. The third kappa shape index (κ3) is 2.20. The number of thiazole rings is 1. The number of benzene rings is 1. The first-order chi connectivity index (χ1) is 7.58. The highest BCUT2D eigenvalue weighted by Gasteiger charge is 2.14. The van der Waals surface area contributed by atoms with Gasteiger partial charge in [0.2, 0.25) is 0 Å². The molecular formula is C12H13ClN2S. The summed E-state index contributed by atoms with van der Waals surface area (Å²) in [7, 11) is 0. The molecule has 0 amide bonds. The smallest absolute Gasteiger partial charge is 0.180 e. The minimum Gasteiger partial charge on any atom is -0.375 e. The summed E-state index contributed by atoms with van der Waals surface area (Å²) in [5.41, 5.74) is 7.76. The summed E-state index contributed by atoms with van der Waals surface area (Å²) in [4.78, 5) is 5.59. The van der Waals surface area contributed by atoms with Gasteiger partial charge in [0.1, 0.15) is 0 Å². The van der Waals surface area contributed by atoms with Crippen LogP contribution in [0.25, 0.3) is 11.3 Å². The highest BCUT2D eigenvalue weighted by Crippen LogP contribution is 2.35. The highest BCUT2D eigenvalue weighted by atomic mass is 35.5. The second kappa shape index (κ2) is 4.44. The molecular weight excluding hydrogens is 240 g/mol. The minimum atomic E-state index is 0.420. The number of nitrogens with two attached hydrogens (primary N) is 1. The van der Waals surface area contributed by atoms with E-state index in [4.69, 9.17) is 17.3 Å². The lowest BCUT2D eigenvalue weighted by atomic mass is 10.1. The van der Waals surface area contributed by atoms with E-state index in [2.05, 4.69) is 18.8 Å². The van der Waals surface area contributed by atoms with Gasteiger partial charge in [0.25, 0.3) is 0 Å². The Labute approximate surface area is 104 Å². The molecule has 84 valence electrons. The van der Waals surface area contributed by atoms with Gasteiger partial charge in [-0.1, -0.05) is 37.6 Å². The molecule has 1 aromatic heterocycles. The first kappa shape index (κ1) is 11.4. The monoisotopic (exact) mass is 252 g/mol. The van der Waals surface area contributed by atoms with Crippen molar-refractivity contribution in [2.45, 2.75) is 19.8 Å². The summed E-state index contributed by atoms with van der Waals surface area (Å²) in [6.45, 7) is 4.28. The normalized spacial score (nSPS) is 11.0. The van der Waals surface area contributed by atoms with Crippen LogP contribution in [0.4, 0.5) is 5.13 Å². The van der Waals surface area contributed by atoms with Gasteiger partial charge >= 0.3 is 0 Å². The highest BCUT2D eigenvalue weighted by molar-refractivity contribution is 7.15. The first-order valence-corrected chi connectivity index (χ1v) is 6.29. The molecule has 2 rings (SSSR count). The minimum absolute atomic E-state index is 0.420. The van der Waals surface area contributed by atoms with Crippen molar-refractivity contribution in [3.63, 3.8) is 0 Å². The Morgan fingerprint density at radius 1 is 1.38 bits per heavy atom. The molecule has 0 aliphatic rings. The van der Waals surface area contributed by atoms with Gasteiger partial charge < -0.3 is 5.73 Å². The molecule has 0 aliphatic heterocycles. The van der Waals surface area contributed by atoms with Gasteiger partial charge in [-0.3, -0.25) is 0 Å². The average molecular weight is 253 g/mol. The standard InChI is InChI=1S/C12H13ClN2S/c1-7(2)11-10(15-12(14)16-11)8-4-3-5-9(13)6-8/h3-7H,1-2H3,(H2,14,15). The Morgan fingerprint density at radius 2 is 2.12 bits per heavy atom. The van der Waals surface area contributed by atoms with Crippen LogP contribution in [-0.4, -0.2) is 4.98 Å². The van der Waals surface area contributed by atoms with E-state index in [1.54, 1.807) is 11.3 Å². The first-order valence-electron chi connectivity index (χ1n) is 5.10. The van der Waals surface area contributed by atoms with E-state index in [9.17, 15) is 0 Å². The third-order valence-electron chi connectivity index (χ3n) is 2.29. The molecule has 0 saturated heterocycles. The predicted octanol–water partition coefficient (Wildman–Crippen LogP) is 4.17. The number of halogens is 1. The zero-order valence-electron chi connectivity index (χ0n) is 9.20. The maximum atomic E-state index is 5.98. The van der Waals surface area contributed by atoms with Crippen LogP contribution < -0.4 is 5.73 Å². The van der Waals surface area contributed by atoms with Gasteiger partial charge in [0.05, 0.1) is 5.69 Å². The summed E-state index contributed by atoms with van der Waals surface area (Å²) in [6, 6.07) is 7.71. The molecule has 0 aliphatic carbocycles. The van der Waals surface area contributed by atoms with E-state index in [-0.39, 0.29) is 0 Å².